The van der Waals surface area contributed by atoms with Gasteiger partial charge in [0.1, 0.15) is 11.4 Å². The van der Waals surface area contributed by atoms with Crippen molar-refractivity contribution in [2.75, 3.05) is 31.1 Å². The molecule has 2 aromatic carbocycles. The number of hydrogen-bond donors (Lipinski definition) is 1. The van der Waals surface area contributed by atoms with Crippen molar-refractivity contribution in [3.63, 3.8) is 0 Å². The molecule has 0 aromatic heterocycles. The smallest absolute Gasteiger partial charge is 0.221 e. The van der Waals surface area contributed by atoms with Crippen LogP contribution in [0.2, 0.25) is 0 Å². The minimum Gasteiger partial charge on any atom is -0.368 e. The molecule has 2 aromatic rings. The monoisotopic (exact) mass is 375 g/mol. The van der Waals surface area contributed by atoms with E-state index in [0.29, 0.717) is 29.9 Å². The molecule has 1 N–H and O–H groups in total. The van der Waals surface area contributed by atoms with Crippen molar-refractivity contribution in [3.05, 3.63) is 77.1 Å². The molecule has 0 bridgehead atoms. The third-order valence-electron chi connectivity index (χ3n) is 5.11. The van der Waals surface area contributed by atoms with Gasteiger partial charge in [0.15, 0.2) is 0 Å². The van der Waals surface area contributed by atoms with Crippen molar-refractivity contribution in [1.82, 2.24) is 10.2 Å². The van der Waals surface area contributed by atoms with E-state index >= 15 is 0 Å². The molecular weight excluding hydrogens is 354 g/mol. The first-order valence-electron chi connectivity index (χ1n) is 9.31. The summed E-state index contributed by atoms with van der Waals surface area (Å²) in [7, 11) is 0. The highest BCUT2D eigenvalue weighted by atomic mass is 16.2. The highest BCUT2D eigenvalue weighted by molar-refractivity contribution is 6.27. The van der Waals surface area contributed by atoms with Gasteiger partial charge in [-0.25, -0.2) is 0 Å². The lowest BCUT2D eigenvalue weighted by molar-refractivity contribution is -0.118. The van der Waals surface area contributed by atoms with Crippen LogP contribution in [0.3, 0.4) is 0 Å². The van der Waals surface area contributed by atoms with Gasteiger partial charge in [-0.2, -0.15) is 0 Å². The Morgan fingerprint density at radius 1 is 0.786 bits per heavy atom. The highest BCUT2D eigenvalue weighted by Gasteiger charge is 2.36. The second-order valence-electron chi connectivity index (χ2n) is 6.92. The number of hydrogen-bond acceptors (Lipinski definition) is 5. The van der Waals surface area contributed by atoms with Crippen LogP contribution in [-0.4, -0.2) is 48.6 Å². The van der Waals surface area contributed by atoms with Crippen LogP contribution in [0.1, 0.15) is 27.6 Å². The average Bonchev–Trinajstić information content (AvgIpc) is 2.73. The van der Waals surface area contributed by atoms with Crippen LogP contribution in [-0.2, 0) is 4.79 Å². The number of allylic oxidation sites excluding steroid dienone is 2. The topological polar surface area (TPSA) is 69.7 Å². The maximum absolute atomic E-state index is 13.2. The first kappa shape index (κ1) is 18.0. The number of Topliss-reactive ketones (excluding diaryl/α,β-unsaturated/α-hetero) is 2. The van der Waals surface area contributed by atoms with E-state index in [-0.39, 0.29) is 23.2 Å². The Morgan fingerprint density at radius 2 is 1.32 bits per heavy atom. The van der Waals surface area contributed by atoms with Crippen LogP contribution in [0.15, 0.2) is 66.0 Å². The number of carbonyl (C=O) groups excluding carboxylic acids is 3. The fourth-order valence-electron chi connectivity index (χ4n) is 3.78. The fourth-order valence-corrected chi connectivity index (χ4v) is 3.78. The molecule has 4 rings (SSSR count). The molecular formula is C22H21N3O3. The SMILES string of the molecule is CC(=O)NC1=C(N2CCN(c3ccccc3)CC2)C(=O)c2ccccc2C1=O. The number of para-hydroxylation sites is 1. The largest absolute Gasteiger partial charge is 0.368 e. The number of ketones is 2. The Labute approximate surface area is 163 Å². The molecule has 0 unspecified atom stereocenters. The van der Waals surface area contributed by atoms with Gasteiger partial charge in [-0.3, -0.25) is 14.4 Å². The van der Waals surface area contributed by atoms with Gasteiger partial charge in [0.2, 0.25) is 17.5 Å². The second-order valence-corrected chi connectivity index (χ2v) is 6.92. The van der Waals surface area contributed by atoms with E-state index in [1.807, 2.05) is 23.1 Å². The molecule has 2 aliphatic rings. The summed E-state index contributed by atoms with van der Waals surface area (Å²) < 4.78 is 0. The van der Waals surface area contributed by atoms with Crippen molar-refractivity contribution in [2.24, 2.45) is 0 Å². The van der Waals surface area contributed by atoms with Gasteiger partial charge in [-0.1, -0.05) is 42.5 Å². The number of amides is 1. The molecule has 1 fully saturated rings. The molecule has 1 aliphatic carbocycles. The lowest BCUT2D eigenvalue weighted by Gasteiger charge is -2.39. The molecule has 0 spiro atoms. The Bertz CT molecular complexity index is 974. The van der Waals surface area contributed by atoms with Crippen molar-refractivity contribution in [2.45, 2.75) is 6.92 Å². The third-order valence-corrected chi connectivity index (χ3v) is 5.11. The third kappa shape index (κ3) is 3.17. The molecule has 142 valence electrons. The maximum Gasteiger partial charge on any atom is 0.221 e. The van der Waals surface area contributed by atoms with E-state index in [1.54, 1.807) is 24.3 Å². The predicted octanol–water partition coefficient (Wildman–Crippen LogP) is 2.24. The van der Waals surface area contributed by atoms with Crippen LogP contribution in [0.25, 0.3) is 0 Å². The molecule has 0 saturated carbocycles. The van der Waals surface area contributed by atoms with Gasteiger partial charge in [0, 0.05) is 49.9 Å². The van der Waals surface area contributed by atoms with Crippen molar-refractivity contribution < 1.29 is 14.4 Å². The summed E-state index contributed by atoms with van der Waals surface area (Å²) in [6.07, 6.45) is 0. The molecule has 1 saturated heterocycles. The van der Waals surface area contributed by atoms with Crippen LogP contribution in [0.4, 0.5) is 5.69 Å². The minimum absolute atomic E-state index is 0.0874. The standard InChI is InChI=1S/C22H21N3O3/c1-15(26)23-19-20(22(28)18-10-6-5-9-17(18)21(19)27)25-13-11-24(12-14-25)16-7-3-2-4-8-16/h2-10H,11-14H2,1H3,(H,23,26). The summed E-state index contributed by atoms with van der Waals surface area (Å²) in [5.41, 5.74) is 2.25. The zero-order valence-electron chi connectivity index (χ0n) is 15.6. The van der Waals surface area contributed by atoms with Gasteiger partial charge in [0.05, 0.1) is 0 Å². The number of nitrogens with zero attached hydrogens (tertiary/aromatic N) is 2. The number of carbonyl (C=O) groups is 3. The van der Waals surface area contributed by atoms with E-state index in [4.69, 9.17) is 0 Å². The first-order valence-corrected chi connectivity index (χ1v) is 9.31. The van der Waals surface area contributed by atoms with Gasteiger partial charge >= 0.3 is 0 Å². The summed E-state index contributed by atoms with van der Waals surface area (Å²) in [6.45, 7) is 3.98. The molecule has 28 heavy (non-hydrogen) atoms. The molecule has 0 atom stereocenters. The van der Waals surface area contributed by atoms with Crippen LogP contribution in [0, 0.1) is 0 Å². The maximum atomic E-state index is 13.2. The Hall–Kier alpha value is -3.41. The van der Waals surface area contributed by atoms with E-state index in [1.165, 1.54) is 6.92 Å². The second kappa shape index (κ2) is 7.31. The van der Waals surface area contributed by atoms with Gasteiger partial charge in [0.25, 0.3) is 0 Å². The predicted molar refractivity (Wildman–Crippen MR) is 106 cm³/mol. The van der Waals surface area contributed by atoms with E-state index in [9.17, 15) is 14.4 Å². The number of piperazine rings is 1. The summed E-state index contributed by atoms with van der Waals surface area (Å²) in [5, 5.41) is 2.61. The van der Waals surface area contributed by atoms with Crippen molar-refractivity contribution >= 4 is 23.2 Å². The van der Waals surface area contributed by atoms with E-state index < -0.39 is 0 Å². The summed E-state index contributed by atoms with van der Waals surface area (Å²) in [5.74, 6) is -0.894. The van der Waals surface area contributed by atoms with Gasteiger partial charge < -0.3 is 15.1 Å². The van der Waals surface area contributed by atoms with Crippen LogP contribution >= 0.6 is 0 Å². The number of nitrogens with one attached hydrogen (secondary N) is 1. The molecule has 0 radical (unpaired) electrons. The molecule has 1 heterocycles. The molecule has 6 nitrogen and oxygen atoms in total. The van der Waals surface area contributed by atoms with E-state index in [0.717, 1.165) is 18.8 Å². The molecule has 1 amide bonds. The van der Waals surface area contributed by atoms with Crippen LogP contribution < -0.4 is 10.2 Å². The summed E-state index contributed by atoms with van der Waals surface area (Å²) in [4.78, 5) is 42.0. The highest BCUT2D eigenvalue weighted by Crippen LogP contribution is 2.28. The Balaban J connectivity index is 1.65. The minimum atomic E-state index is -0.365. The summed E-state index contributed by atoms with van der Waals surface area (Å²) in [6, 6.07) is 16.9. The van der Waals surface area contributed by atoms with E-state index in [2.05, 4.69) is 22.3 Å². The average molecular weight is 375 g/mol. The van der Waals surface area contributed by atoms with Gasteiger partial charge in [-0.15, -0.1) is 0 Å². The Morgan fingerprint density at radius 3 is 1.93 bits per heavy atom. The number of fused-ring (bicyclic) bond motifs is 1. The number of benzene rings is 2. The lowest BCUT2D eigenvalue weighted by atomic mass is 9.89. The zero-order chi connectivity index (χ0) is 19.7. The fraction of sp³-hybridized carbons (Fsp3) is 0.227. The first-order chi connectivity index (χ1) is 13.6. The Kier molecular flexibility index (Phi) is 4.69. The van der Waals surface area contributed by atoms with Crippen molar-refractivity contribution in [3.8, 4) is 0 Å². The summed E-state index contributed by atoms with van der Waals surface area (Å²) >= 11 is 0. The molecule has 1 aliphatic heterocycles. The number of rotatable bonds is 3. The number of anilines is 1. The molecule has 6 heteroatoms. The normalized spacial score (nSPS) is 16.9. The van der Waals surface area contributed by atoms with Crippen molar-refractivity contribution in [1.29, 1.82) is 0 Å². The van der Waals surface area contributed by atoms with Gasteiger partial charge in [-0.05, 0) is 12.1 Å². The van der Waals surface area contributed by atoms with Crippen LogP contribution in [0.5, 0.6) is 0 Å². The lowest BCUT2D eigenvalue weighted by Crippen LogP contribution is -2.49. The quantitative estimate of drug-likeness (QED) is 0.891. The zero-order valence-corrected chi connectivity index (χ0v) is 15.6.